The third-order valence-electron chi connectivity index (χ3n) is 2.97. The summed E-state index contributed by atoms with van der Waals surface area (Å²) in [6.45, 7) is 0. The van der Waals surface area contributed by atoms with E-state index in [1.807, 2.05) is 24.3 Å². The summed E-state index contributed by atoms with van der Waals surface area (Å²) in [6, 6.07) is 14.4. The highest BCUT2D eigenvalue weighted by Crippen LogP contribution is 2.24. The van der Waals surface area contributed by atoms with Crippen LogP contribution in [0.2, 0.25) is 5.02 Å². The minimum atomic E-state index is -0.210. The normalized spacial score (nSPS) is 11.0. The second-order valence-electron chi connectivity index (χ2n) is 4.30. The van der Waals surface area contributed by atoms with Crippen molar-refractivity contribution in [3.8, 4) is 0 Å². The number of aromatic nitrogens is 1. The molecule has 1 N–H and O–H groups in total. The lowest BCUT2D eigenvalue weighted by Crippen LogP contribution is -1.87. The summed E-state index contributed by atoms with van der Waals surface area (Å²) in [5, 5.41) is 1.77. The van der Waals surface area contributed by atoms with Crippen molar-refractivity contribution in [1.29, 1.82) is 0 Å². The van der Waals surface area contributed by atoms with Gasteiger partial charge in [-0.3, -0.25) is 0 Å². The first-order valence-electron chi connectivity index (χ1n) is 5.73. The van der Waals surface area contributed by atoms with Gasteiger partial charge in [-0.1, -0.05) is 29.8 Å². The fourth-order valence-electron chi connectivity index (χ4n) is 2.09. The Morgan fingerprint density at radius 3 is 2.56 bits per heavy atom. The molecule has 0 aliphatic carbocycles. The van der Waals surface area contributed by atoms with Gasteiger partial charge in [0.05, 0.1) is 0 Å². The van der Waals surface area contributed by atoms with Crippen LogP contribution in [0.15, 0.2) is 48.5 Å². The van der Waals surface area contributed by atoms with Gasteiger partial charge in [0.15, 0.2) is 0 Å². The third-order valence-corrected chi connectivity index (χ3v) is 3.30. The molecule has 0 aliphatic rings. The number of hydrogen-bond donors (Lipinski definition) is 1. The Hall–Kier alpha value is -1.80. The molecule has 3 heteroatoms. The van der Waals surface area contributed by atoms with E-state index in [-0.39, 0.29) is 5.82 Å². The first kappa shape index (κ1) is 11.3. The standard InChI is InChI=1S/C15H11ClFN/c16-14-2-1-3-15-13(14)9-12(18-15)8-10-4-6-11(17)7-5-10/h1-7,9,18H,8H2. The molecule has 90 valence electrons. The number of fused-ring (bicyclic) bond motifs is 1. The van der Waals surface area contributed by atoms with E-state index in [0.717, 1.165) is 33.6 Å². The van der Waals surface area contributed by atoms with E-state index in [9.17, 15) is 4.39 Å². The second kappa shape index (κ2) is 4.46. The van der Waals surface area contributed by atoms with Crippen molar-refractivity contribution in [1.82, 2.24) is 4.98 Å². The zero-order chi connectivity index (χ0) is 12.5. The number of hydrogen-bond acceptors (Lipinski definition) is 0. The predicted octanol–water partition coefficient (Wildman–Crippen LogP) is 4.55. The van der Waals surface area contributed by atoms with Crippen LogP contribution in [-0.4, -0.2) is 4.98 Å². The number of rotatable bonds is 2. The van der Waals surface area contributed by atoms with E-state index in [1.165, 1.54) is 12.1 Å². The van der Waals surface area contributed by atoms with Crippen LogP contribution >= 0.6 is 11.6 Å². The van der Waals surface area contributed by atoms with Crippen LogP contribution in [0.5, 0.6) is 0 Å². The van der Waals surface area contributed by atoms with Gasteiger partial charge in [-0.05, 0) is 35.9 Å². The van der Waals surface area contributed by atoms with Gasteiger partial charge >= 0.3 is 0 Å². The molecule has 0 aliphatic heterocycles. The van der Waals surface area contributed by atoms with Crippen LogP contribution in [0.3, 0.4) is 0 Å². The monoisotopic (exact) mass is 259 g/mol. The van der Waals surface area contributed by atoms with Gasteiger partial charge in [0.25, 0.3) is 0 Å². The van der Waals surface area contributed by atoms with Crippen molar-refractivity contribution in [3.05, 3.63) is 70.6 Å². The van der Waals surface area contributed by atoms with Crippen LogP contribution in [0, 0.1) is 5.82 Å². The molecule has 0 unspecified atom stereocenters. The number of benzene rings is 2. The van der Waals surface area contributed by atoms with E-state index >= 15 is 0 Å². The maximum absolute atomic E-state index is 12.8. The fraction of sp³-hybridized carbons (Fsp3) is 0.0667. The van der Waals surface area contributed by atoms with E-state index in [1.54, 1.807) is 12.1 Å². The zero-order valence-corrected chi connectivity index (χ0v) is 10.3. The van der Waals surface area contributed by atoms with E-state index < -0.39 is 0 Å². The number of aromatic amines is 1. The molecule has 18 heavy (non-hydrogen) atoms. The smallest absolute Gasteiger partial charge is 0.123 e. The maximum Gasteiger partial charge on any atom is 0.123 e. The number of H-pyrrole nitrogens is 1. The van der Waals surface area contributed by atoms with Crippen LogP contribution in [0.1, 0.15) is 11.3 Å². The molecule has 0 radical (unpaired) electrons. The Morgan fingerprint density at radius 2 is 1.83 bits per heavy atom. The third kappa shape index (κ3) is 2.12. The number of halogens is 2. The molecule has 0 spiro atoms. The zero-order valence-electron chi connectivity index (χ0n) is 9.58. The molecule has 1 heterocycles. The van der Waals surface area contributed by atoms with Crippen molar-refractivity contribution in [3.63, 3.8) is 0 Å². The van der Waals surface area contributed by atoms with Gasteiger partial charge in [0, 0.05) is 28.0 Å². The summed E-state index contributed by atoms with van der Waals surface area (Å²) in [6.07, 6.45) is 0.741. The van der Waals surface area contributed by atoms with Crippen LogP contribution in [-0.2, 0) is 6.42 Å². The highest BCUT2D eigenvalue weighted by atomic mass is 35.5. The lowest BCUT2D eigenvalue weighted by Gasteiger charge is -1.98. The topological polar surface area (TPSA) is 15.8 Å². The molecule has 0 bridgehead atoms. The molecule has 0 atom stereocenters. The lowest BCUT2D eigenvalue weighted by molar-refractivity contribution is 0.627. The Labute approximate surface area is 109 Å². The van der Waals surface area contributed by atoms with Crippen molar-refractivity contribution in [2.24, 2.45) is 0 Å². The first-order valence-corrected chi connectivity index (χ1v) is 6.11. The molecular formula is C15H11ClFN. The maximum atomic E-state index is 12.8. The summed E-state index contributed by atoms with van der Waals surface area (Å²) >= 11 is 6.12. The van der Waals surface area contributed by atoms with Crippen molar-refractivity contribution < 1.29 is 4.39 Å². The quantitative estimate of drug-likeness (QED) is 0.695. The Balaban J connectivity index is 1.95. The van der Waals surface area contributed by atoms with Crippen LogP contribution in [0.25, 0.3) is 10.9 Å². The fourth-order valence-corrected chi connectivity index (χ4v) is 2.32. The predicted molar refractivity (Wildman–Crippen MR) is 72.5 cm³/mol. The number of nitrogens with one attached hydrogen (secondary N) is 1. The van der Waals surface area contributed by atoms with E-state index in [2.05, 4.69) is 4.98 Å². The Bertz CT molecular complexity index is 685. The SMILES string of the molecule is Fc1ccc(Cc2cc3c(Cl)cccc3[nH]2)cc1. The van der Waals surface area contributed by atoms with E-state index in [4.69, 9.17) is 11.6 Å². The molecule has 1 nitrogen and oxygen atoms in total. The van der Waals surface area contributed by atoms with Crippen molar-refractivity contribution >= 4 is 22.5 Å². The van der Waals surface area contributed by atoms with Gasteiger partial charge in [0.1, 0.15) is 5.82 Å². The van der Waals surface area contributed by atoms with E-state index in [0.29, 0.717) is 0 Å². The van der Waals surface area contributed by atoms with Crippen LogP contribution < -0.4 is 0 Å². The summed E-state index contributed by atoms with van der Waals surface area (Å²) < 4.78 is 12.8. The van der Waals surface area contributed by atoms with Crippen LogP contribution in [0.4, 0.5) is 4.39 Å². The average molecular weight is 260 g/mol. The molecule has 0 saturated carbocycles. The second-order valence-corrected chi connectivity index (χ2v) is 4.71. The largest absolute Gasteiger partial charge is 0.358 e. The van der Waals surface area contributed by atoms with Gasteiger partial charge in [-0.25, -0.2) is 4.39 Å². The van der Waals surface area contributed by atoms with Gasteiger partial charge in [-0.2, -0.15) is 0 Å². The summed E-state index contributed by atoms with van der Waals surface area (Å²) in [7, 11) is 0. The Kier molecular flexibility index (Phi) is 2.80. The lowest BCUT2D eigenvalue weighted by atomic mass is 10.1. The summed E-state index contributed by atoms with van der Waals surface area (Å²) in [5.41, 5.74) is 3.17. The molecule has 0 fully saturated rings. The van der Waals surface area contributed by atoms with Gasteiger partial charge in [0.2, 0.25) is 0 Å². The average Bonchev–Trinajstić information content (AvgIpc) is 2.76. The summed E-state index contributed by atoms with van der Waals surface area (Å²) in [4.78, 5) is 3.32. The highest BCUT2D eigenvalue weighted by molar-refractivity contribution is 6.35. The highest BCUT2D eigenvalue weighted by Gasteiger charge is 2.04. The Morgan fingerprint density at radius 1 is 1.06 bits per heavy atom. The molecule has 1 aromatic heterocycles. The minimum absolute atomic E-state index is 0.210. The van der Waals surface area contributed by atoms with Crippen molar-refractivity contribution in [2.45, 2.75) is 6.42 Å². The molecule has 3 rings (SSSR count). The van der Waals surface area contributed by atoms with Crippen molar-refractivity contribution in [2.75, 3.05) is 0 Å². The molecule has 0 amide bonds. The summed E-state index contributed by atoms with van der Waals surface area (Å²) in [5.74, 6) is -0.210. The van der Waals surface area contributed by atoms with Gasteiger partial charge < -0.3 is 4.98 Å². The molecule has 3 aromatic rings. The molecule has 2 aromatic carbocycles. The molecular weight excluding hydrogens is 249 g/mol. The first-order chi connectivity index (χ1) is 8.72. The van der Waals surface area contributed by atoms with Gasteiger partial charge in [-0.15, -0.1) is 0 Å². The molecule has 0 saturated heterocycles. The minimum Gasteiger partial charge on any atom is -0.358 e.